The normalized spacial score (nSPS) is 13.6. The van der Waals surface area contributed by atoms with Crippen LogP contribution in [0.1, 0.15) is 36.2 Å². The van der Waals surface area contributed by atoms with E-state index in [1.165, 1.54) is 14.0 Å². The second kappa shape index (κ2) is 5.79. The van der Waals surface area contributed by atoms with Crippen molar-refractivity contribution in [1.82, 2.24) is 0 Å². The zero-order chi connectivity index (χ0) is 14.9. The predicted octanol–water partition coefficient (Wildman–Crippen LogP) is 3.40. The maximum atomic E-state index is 11.9. The van der Waals surface area contributed by atoms with Crippen LogP contribution in [0.2, 0.25) is 0 Å². The second-order valence-electron chi connectivity index (χ2n) is 4.64. The third-order valence-corrected chi connectivity index (χ3v) is 3.82. The van der Waals surface area contributed by atoms with E-state index < -0.39 is 5.97 Å². The quantitative estimate of drug-likeness (QED) is 0.777. The molecular weight excluding hydrogens is 322 g/mol. The molecule has 0 unspecified atom stereocenters. The fourth-order valence-corrected chi connectivity index (χ4v) is 2.74. The molecule has 0 fully saturated rings. The van der Waals surface area contributed by atoms with Crippen molar-refractivity contribution in [3.63, 3.8) is 0 Å². The third-order valence-electron chi connectivity index (χ3n) is 3.36. The summed E-state index contributed by atoms with van der Waals surface area (Å²) < 4.78 is 5.58. The summed E-state index contributed by atoms with van der Waals surface area (Å²) in [5.41, 5.74) is 3.07. The Hall–Kier alpha value is -1.62. The van der Waals surface area contributed by atoms with Crippen molar-refractivity contribution in [3.8, 4) is 0 Å². The average Bonchev–Trinajstić information content (AvgIpc) is 2.44. The number of esters is 1. The van der Waals surface area contributed by atoms with Crippen LogP contribution in [0.5, 0.6) is 0 Å². The van der Waals surface area contributed by atoms with Crippen LogP contribution in [0.4, 0.5) is 5.69 Å². The molecule has 1 aliphatic rings. The molecule has 1 aromatic carbocycles. The van der Waals surface area contributed by atoms with Gasteiger partial charge in [0.15, 0.2) is 0 Å². The summed E-state index contributed by atoms with van der Waals surface area (Å²) in [5.74, 6) is -0.445. The summed E-state index contributed by atoms with van der Waals surface area (Å²) in [5, 5.41) is 0. The zero-order valence-electron chi connectivity index (χ0n) is 11.7. The smallest absolute Gasteiger partial charge is 0.338 e. The van der Waals surface area contributed by atoms with Gasteiger partial charge in [-0.05, 0) is 18.6 Å². The van der Waals surface area contributed by atoms with Gasteiger partial charge in [0.25, 0.3) is 0 Å². The van der Waals surface area contributed by atoms with Gasteiger partial charge in [-0.25, -0.2) is 4.79 Å². The summed E-state index contributed by atoms with van der Waals surface area (Å²) in [6.07, 6.45) is 2.81. The number of amides is 1. The Morgan fingerprint density at radius 2 is 2.10 bits per heavy atom. The van der Waals surface area contributed by atoms with Crippen molar-refractivity contribution in [3.05, 3.63) is 33.3 Å². The molecule has 2 rings (SSSR count). The first-order valence-electron chi connectivity index (χ1n) is 6.37. The lowest BCUT2D eigenvalue weighted by molar-refractivity contribution is -0.116. The van der Waals surface area contributed by atoms with E-state index in [9.17, 15) is 9.59 Å². The standard InChI is InChI=1S/C15H16BrNO3/c1-4-10-5-12-13(15(19)20-3)6-11(16)7-14(12)17(8-10)9(2)18/h5-7H,4,8H2,1-3H3. The summed E-state index contributed by atoms with van der Waals surface area (Å²) in [4.78, 5) is 25.5. The predicted molar refractivity (Wildman–Crippen MR) is 81.8 cm³/mol. The van der Waals surface area contributed by atoms with Crippen LogP contribution in [-0.4, -0.2) is 25.5 Å². The highest BCUT2D eigenvalue weighted by molar-refractivity contribution is 9.10. The average molecular weight is 338 g/mol. The topological polar surface area (TPSA) is 46.6 Å². The fourth-order valence-electron chi connectivity index (χ4n) is 2.29. The molecule has 1 aromatic rings. The Morgan fingerprint density at radius 1 is 1.40 bits per heavy atom. The third kappa shape index (κ3) is 2.63. The number of ether oxygens (including phenoxy) is 1. The largest absolute Gasteiger partial charge is 0.465 e. The Bertz CT molecular complexity index is 607. The number of hydrogen-bond acceptors (Lipinski definition) is 3. The minimum absolute atomic E-state index is 0.0424. The number of methoxy groups -OCH3 is 1. The highest BCUT2D eigenvalue weighted by Crippen LogP contribution is 2.35. The number of benzene rings is 1. The number of halogens is 1. The minimum atomic E-state index is -0.403. The molecule has 1 heterocycles. The summed E-state index contributed by atoms with van der Waals surface area (Å²) in [6, 6.07) is 3.57. The van der Waals surface area contributed by atoms with Crippen LogP contribution in [0, 0.1) is 0 Å². The number of hydrogen-bond donors (Lipinski definition) is 0. The van der Waals surface area contributed by atoms with Crippen molar-refractivity contribution in [2.24, 2.45) is 0 Å². The number of anilines is 1. The van der Waals surface area contributed by atoms with Gasteiger partial charge in [0.1, 0.15) is 0 Å². The van der Waals surface area contributed by atoms with E-state index in [1.807, 2.05) is 19.1 Å². The van der Waals surface area contributed by atoms with Crippen LogP contribution in [0.3, 0.4) is 0 Å². The van der Waals surface area contributed by atoms with Crippen LogP contribution in [0.15, 0.2) is 22.2 Å². The Balaban J connectivity index is 2.69. The van der Waals surface area contributed by atoms with Gasteiger partial charge in [-0.15, -0.1) is 0 Å². The van der Waals surface area contributed by atoms with Crippen molar-refractivity contribution in [2.45, 2.75) is 20.3 Å². The molecule has 0 bridgehead atoms. The molecule has 0 aromatic heterocycles. The summed E-state index contributed by atoms with van der Waals surface area (Å²) >= 11 is 3.38. The van der Waals surface area contributed by atoms with Gasteiger partial charge in [0.05, 0.1) is 18.4 Å². The first kappa shape index (κ1) is 14.8. The first-order chi connectivity index (χ1) is 9.47. The zero-order valence-corrected chi connectivity index (χ0v) is 13.3. The molecule has 5 heteroatoms. The Kier molecular flexibility index (Phi) is 4.28. The SMILES string of the molecule is CCC1=Cc2c(C(=O)OC)cc(Br)cc2N(C(C)=O)C1. The van der Waals surface area contributed by atoms with Crippen LogP contribution in [-0.2, 0) is 9.53 Å². The van der Waals surface area contributed by atoms with Gasteiger partial charge in [0, 0.05) is 23.5 Å². The molecule has 0 N–H and O–H groups in total. The number of carbonyl (C=O) groups is 2. The summed E-state index contributed by atoms with van der Waals surface area (Å²) in [7, 11) is 1.35. The van der Waals surface area contributed by atoms with Crippen molar-refractivity contribution >= 4 is 39.6 Å². The molecule has 20 heavy (non-hydrogen) atoms. The van der Waals surface area contributed by atoms with Crippen molar-refractivity contribution < 1.29 is 14.3 Å². The molecule has 106 valence electrons. The highest BCUT2D eigenvalue weighted by Gasteiger charge is 2.25. The van der Waals surface area contributed by atoms with Gasteiger partial charge in [-0.1, -0.05) is 34.5 Å². The molecule has 0 spiro atoms. The lowest BCUT2D eigenvalue weighted by Crippen LogP contribution is -2.33. The first-order valence-corrected chi connectivity index (χ1v) is 7.16. The number of carbonyl (C=O) groups excluding carboxylic acids is 2. The lowest BCUT2D eigenvalue weighted by atomic mass is 9.96. The fraction of sp³-hybridized carbons (Fsp3) is 0.333. The number of fused-ring (bicyclic) bond motifs is 1. The van der Waals surface area contributed by atoms with Gasteiger partial charge >= 0.3 is 5.97 Å². The van der Waals surface area contributed by atoms with Crippen LogP contribution in [0.25, 0.3) is 6.08 Å². The molecular formula is C15H16BrNO3. The van der Waals surface area contributed by atoms with E-state index in [1.54, 1.807) is 11.0 Å². The maximum Gasteiger partial charge on any atom is 0.338 e. The van der Waals surface area contributed by atoms with Crippen LogP contribution < -0.4 is 4.90 Å². The van der Waals surface area contributed by atoms with Crippen molar-refractivity contribution in [1.29, 1.82) is 0 Å². The van der Waals surface area contributed by atoms with E-state index in [-0.39, 0.29) is 5.91 Å². The van der Waals surface area contributed by atoms with Crippen LogP contribution >= 0.6 is 15.9 Å². The Labute approximate surface area is 126 Å². The monoisotopic (exact) mass is 337 g/mol. The molecule has 0 aliphatic carbocycles. The summed E-state index contributed by atoms with van der Waals surface area (Å²) in [6.45, 7) is 4.13. The lowest BCUT2D eigenvalue weighted by Gasteiger charge is -2.29. The van der Waals surface area contributed by atoms with Gasteiger partial charge in [0.2, 0.25) is 5.91 Å². The molecule has 4 nitrogen and oxygen atoms in total. The van der Waals surface area contributed by atoms with E-state index in [0.717, 1.165) is 27.7 Å². The molecule has 0 atom stereocenters. The maximum absolute atomic E-state index is 11.9. The highest BCUT2D eigenvalue weighted by atomic mass is 79.9. The van der Waals surface area contributed by atoms with Crippen molar-refractivity contribution in [2.75, 3.05) is 18.6 Å². The van der Waals surface area contributed by atoms with Gasteiger partial charge in [-0.2, -0.15) is 0 Å². The van der Waals surface area contributed by atoms with E-state index >= 15 is 0 Å². The van der Waals surface area contributed by atoms with E-state index in [4.69, 9.17) is 4.74 Å². The number of rotatable bonds is 2. The van der Waals surface area contributed by atoms with Gasteiger partial charge < -0.3 is 9.64 Å². The van der Waals surface area contributed by atoms with E-state index in [0.29, 0.717) is 12.1 Å². The molecule has 1 aliphatic heterocycles. The van der Waals surface area contributed by atoms with Gasteiger partial charge in [-0.3, -0.25) is 4.79 Å². The van der Waals surface area contributed by atoms with E-state index in [2.05, 4.69) is 15.9 Å². The molecule has 1 amide bonds. The minimum Gasteiger partial charge on any atom is -0.465 e. The molecule has 0 saturated heterocycles. The number of nitrogens with zero attached hydrogens (tertiary/aromatic N) is 1. The second-order valence-corrected chi connectivity index (χ2v) is 5.55. The Morgan fingerprint density at radius 3 is 2.65 bits per heavy atom. The molecule has 0 radical (unpaired) electrons. The molecule has 0 saturated carbocycles.